The van der Waals surface area contributed by atoms with E-state index in [9.17, 15) is 12.8 Å². The van der Waals surface area contributed by atoms with Gasteiger partial charge in [0.25, 0.3) is 0 Å². The molecule has 8 heteroatoms. The minimum absolute atomic E-state index is 0.0349. The van der Waals surface area contributed by atoms with Gasteiger partial charge >= 0.3 is 0 Å². The zero-order chi connectivity index (χ0) is 15.6. The second kappa shape index (κ2) is 6.43. The highest BCUT2D eigenvalue weighted by atomic mass is 79.9. The zero-order valence-electron chi connectivity index (χ0n) is 11.2. The topological polar surface area (TPSA) is 63.4 Å². The maximum absolute atomic E-state index is 14.0. The van der Waals surface area contributed by atoms with Crippen molar-refractivity contribution in [3.8, 4) is 0 Å². The molecule has 0 aliphatic rings. The van der Waals surface area contributed by atoms with Gasteiger partial charge in [0.05, 0.1) is 4.47 Å². The van der Waals surface area contributed by atoms with Gasteiger partial charge < -0.3 is 5.73 Å². The standard InChI is InChI=1S/C13H14BrFN2O2S2/c1-17(5-4-10-3-2-6-20-10)21(18,19)12-8-9(16)7-11(14)13(12)15/h2-3,6-8H,4-5,16H2,1H3. The fraction of sp³-hybridized carbons (Fsp3) is 0.231. The number of sulfonamides is 1. The van der Waals surface area contributed by atoms with Gasteiger partial charge in [-0.25, -0.2) is 17.1 Å². The lowest BCUT2D eigenvalue weighted by Gasteiger charge is -2.18. The summed E-state index contributed by atoms with van der Waals surface area (Å²) in [6.07, 6.45) is 0.582. The summed E-state index contributed by atoms with van der Waals surface area (Å²) in [5.74, 6) is -0.827. The lowest BCUT2D eigenvalue weighted by Crippen LogP contribution is -2.29. The first-order chi connectivity index (χ1) is 9.82. The van der Waals surface area contributed by atoms with Crippen LogP contribution >= 0.6 is 27.3 Å². The van der Waals surface area contributed by atoms with Crippen molar-refractivity contribution < 1.29 is 12.8 Å². The second-order valence-corrected chi connectivity index (χ2v) is 8.37. The summed E-state index contributed by atoms with van der Waals surface area (Å²) < 4.78 is 40.1. The van der Waals surface area contributed by atoms with Crippen LogP contribution in [0.2, 0.25) is 0 Å². The van der Waals surface area contributed by atoms with Gasteiger partial charge in [-0.2, -0.15) is 0 Å². The Morgan fingerprint density at radius 2 is 2.14 bits per heavy atom. The van der Waals surface area contributed by atoms with Crippen LogP contribution < -0.4 is 5.73 Å². The Labute approximate surface area is 135 Å². The van der Waals surface area contributed by atoms with E-state index >= 15 is 0 Å². The highest BCUT2D eigenvalue weighted by Gasteiger charge is 2.26. The molecule has 0 saturated carbocycles. The second-order valence-electron chi connectivity index (χ2n) is 4.47. The van der Waals surface area contributed by atoms with E-state index in [4.69, 9.17) is 5.73 Å². The molecule has 0 atom stereocenters. The van der Waals surface area contributed by atoms with E-state index in [1.807, 2.05) is 17.5 Å². The van der Waals surface area contributed by atoms with Crippen molar-refractivity contribution in [1.82, 2.24) is 4.31 Å². The molecule has 0 aliphatic carbocycles. The summed E-state index contributed by atoms with van der Waals surface area (Å²) in [5.41, 5.74) is 5.79. The maximum atomic E-state index is 14.0. The van der Waals surface area contributed by atoms with E-state index < -0.39 is 20.7 Å². The van der Waals surface area contributed by atoms with Crippen LogP contribution in [0.4, 0.5) is 10.1 Å². The number of halogens is 2. The molecule has 4 nitrogen and oxygen atoms in total. The fourth-order valence-corrected chi connectivity index (χ4v) is 4.38. The van der Waals surface area contributed by atoms with Crippen LogP contribution in [0.3, 0.4) is 0 Å². The largest absolute Gasteiger partial charge is 0.399 e. The molecule has 2 N–H and O–H groups in total. The van der Waals surface area contributed by atoms with E-state index in [-0.39, 0.29) is 16.7 Å². The molecule has 1 aromatic carbocycles. The van der Waals surface area contributed by atoms with Crippen molar-refractivity contribution in [2.75, 3.05) is 19.3 Å². The van der Waals surface area contributed by atoms with Crippen molar-refractivity contribution in [2.24, 2.45) is 0 Å². The third kappa shape index (κ3) is 3.63. The monoisotopic (exact) mass is 392 g/mol. The predicted molar refractivity (Wildman–Crippen MR) is 86.4 cm³/mol. The minimum atomic E-state index is -3.91. The summed E-state index contributed by atoms with van der Waals surface area (Å²) in [6.45, 7) is 0.273. The number of likely N-dealkylation sites (N-methyl/N-ethyl adjacent to an activating group) is 1. The average molecular weight is 393 g/mol. The van der Waals surface area contributed by atoms with Gasteiger partial charge in [-0.05, 0) is 45.9 Å². The van der Waals surface area contributed by atoms with E-state index in [1.54, 1.807) is 11.3 Å². The van der Waals surface area contributed by atoms with E-state index in [1.165, 1.54) is 13.1 Å². The molecule has 0 amide bonds. The number of anilines is 1. The Morgan fingerprint density at radius 1 is 1.43 bits per heavy atom. The molecule has 0 fully saturated rings. The van der Waals surface area contributed by atoms with Crippen LogP contribution in [0.25, 0.3) is 0 Å². The van der Waals surface area contributed by atoms with Crippen LogP contribution in [0.15, 0.2) is 39.0 Å². The first-order valence-electron chi connectivity index (χ1n) is 6.05. The number of hydrogen-bond acceptors (Lipinski definition) is 4. The van der Waals surface area contributed by atoms with E-state index in [2.05, 4.69) is 15.9 Å². The number of benzene rings is 1. The Bertz CT molecular complexity index is 733. The quantitative estimate of drug-likeness (QED) is 0.795. The third-order valence-corrected chi connectivity index (χ3v) is 6.33. The van der Waals surface area contributed by atoms with Crippen molar-refractivity contribution >= 4 is 43.0 Å². The van der Waals surface area contributed by atoms with Crippen LogP contribution in [-0.4, -0.2) is 26.3 Å². The van der Waals surface area contributed by atoms with Gasteiger partial charge in [-0.3, -0.25) is 0 Å². The van der Waals surface area contributed by atoms with E-state index in [0.29, 0.717) is 6.42 Å². The number of nitrogens with zero attached hydrogens (tertiary/aromatic N) is 1. The number of thiophene rings is 1. The highest BCUT2D eigenvalue weighted by molar-refractivity contribution is 9.10. The van der Waals surface area contributed by atoms with Crippen molar-refractivity contribution in [2.45, 2.75) is 11.3 Å². The molecule has 1 aromatic heterocycles. The summed E-state index contributed by atoms with van der Waals surface area (Å²) in [4.78, 5) is 0.661. The number of rotatable bonds is 5. The molecule has 0 radical (unpaired) electrons. The van der Waals surface area contributed by atoms with Crippen LogP contribution in [0.5, 0.6) is 0 Å². The Kier molecular flexibility index (Phi) is 5.03. The SMILES string of the molecule is CN(CCc1cccs1)S(=O)(=O)c1cc(N)cc(Br)c1F. The molecule has 2 rings (SSSR count). The van der Waals surface area contributed by atoms with Crippen LogP contribution in [-0.2, 0) is 16.4 Å². The molecule has 0 bridgehead atoms. The van der Waals surface area contributed by atoms with Crippen molar-refractivity contribution in [3.05, 3.63) is 44.8 Å². The smallest absolute Gasteiger partial charge is 0.245 e. The van der Waals surface area contributed by atoms with Gasteiger partial charge in [-0.1, -0.05) is 6.07 Å². The maximum Gasteiger partial charge on any atom is 0.245 e. The van der Waals surface area contributed by atoms with Crippen molar-refractivity contribution in [1.29, 1.82) is 0 Å². The number of hydrogen-bond donors (Lipinski definition) is 1. The predicted octanol–water partition coefficient (Wildman–Crippen LogP) is 3.10. The van der Waals surface area contributed by atoms with Gasteiger partial charge in [0, 0.05) is 24.2 Å². The molecule has 2 aromatic rings. The fourth-order valence-electron chi connectivity index (χ4n) is 1.78. The number of nitrogen functional groups attached to an aromatic ring is 1. The number of nitrogens with two attached hydrogens (primary N) is 1. The average Bonchev–Trinajstić information content (AvgIpc) is 2.93. The summed E-state index contributed by atoms with van der Waals surface area (Å²) in [6, 6.07) is 6.31. The first-order valence-corrected chi connectivity index (χ1v) is 9.17. The zero-order valence-corrected chi connectivity index (χ0v) is 14.4. The van der Waals surface area contributed by atoms with Crippen molar-refractivity contribution in [3.63, 3.8) is 0 Å². The molecule has 114 valence electrons. The summed E-state index contributed by atoms with van der Waals surface area (Å²) in [7, 11) is -2.48. The molecule has 0 aliphatic heterocycles. The Morgan fingerprint density at radius 3 is 2.76 bits per heavy atom. The van der Waals surface area contributed by atoms with Gasteiger partial charge in [-0.15, -0.1) is 11.3 Å². The Balaban J connectivity index is 2.25. The first kappa shape index (κ1) is 16.4. The third-order valence-electron chi connectivity index (χ3n) is 2.96. The van der Waals surface area contributed by atoms with Gasteiger partial charge in [0.2, 0.25) is 10.0 Å². The molecular weight excluding hydrogens is 379 g/mol. The molecule has 21 heavy (non-hydrogen) atoms. The van der Waals surface area contributed by atoms with Gasteiger partial charge in [0.15, 0.2) is 5.82 Å². The molecular formula is C13H14BrFN2O2S2. The molecule has 0 unspecified atom stereocenters. The van der Waals surface area contributed by atoms with Gasteiger partial charge in [0.1, 0.15) is 4.90 Å². The molecule has 1 heterocycles. The van der Waals surface area contributed by atoms with Crippen LogP contribution in [0, 0.1) is 5.82 Å². The minimum Gasteiger partial charge on any atom is -0.399 e. The molecule has 0 saturated heterocycles. The summed E-state index contributed by atoms with van der Waals surface area (Å²) >= 11 is 4.53. The van der Waals surface area contributed by atoms with E-state index in [0.717, 1.165) is 15.2 Å². The highest BCUT2D eigenvalue weighted by Crippen LogP contribution is 2.28. The Hall–Kier alpha value is -0.960. The lowest BCUT2D eigenvalue weighted by molar-refractivity contribution is 0.466. The lowest BCUT2D eigenvalue weighted by atomic mass is 10.3. The molecule has 0 spiro atoms. The van der Waals surface area contributed by atoms with Crippen LogP contribution in [0.1, 0.15) is 4.88 Å². The normalized spacial score (nSPS) is 12.0. The summed E-state index contributed by atoms with van der Waals surface area (Å²) in [5, 5.41) is 1.93.